The molecule has 0 spiro atoms. The van der Waals surface area contributed by atoms with E-state index in [1.165, 1.54) is 16.7 Å². The van der Waals surface area contributed by atoms with Crippen LogP contribution in [0.2, 0.25) is 0 Å². The van der Waals surface area contributed by atoms with Gasteiger partial charge in [0.05, 0.1) is 5.69 Å². The summed E-state index contributed by atoms with van der Waals surface area (Å²) in [6, 6.07) is 2.17. The highest BCUT2D eigenvalue weighted by Gasteiger charge is 2.02. The summed E-state index contributed by atoms with van der Waals surface area (Å²) in [5.74, 6) is 0. The van der Waals surface area contributed by atoms with Crippen molar-refractivity contribution in [3.63, 3.8) is 0 Å². The van der Waals surface area contributed by atoms with Crippen LogP contribution in [0.3, 0.4) is 0 Å². The van der Waals surface area contributed by atoms with Gasteiger partial charge in [-0.2, -0.15) is 0 Å². The number of aromatic nitrogens is 1. The minimum absolute atomic E-state index is 1.04. The van der Waals surface area contributed by atoms with Crippen LogP contribution in [0, 0.1) is 6.92 Å². The molecular formula is C12H13N. The average Bonchev–Trinajstić information content (AvgIpc) is 2.25. The molecule has 0 bridgehead atoms. The molecule has 1 aromatic heterocycles. The zero-order valence-corrected chi connectivity index (χ0v) is 8.04. The third kappa shape index (κ3) is 1.69. The molecule has 0 radical (unpaired) electrons. The smallest absolute Gasteiger partial charge is 0.0701 e. The van der Waals surface area contributed by atoms with Gasteiger partial charge in [0.25, 0.3) is 0 Å². The molecule has 0 aliphatic heterocycles. The molecule has 1 nitrogen and oxygen atoms in total. The monoisotopic (exact) mass is 171 g/mol. The lowest BCUT2D eigenvalue weighted by Crippen LogP contribution is -1.87. The Hall–Kier alpha value is -1.37. The number of allylic oxidation sites excluding steroid dienone is 2. The molecule has 1 heterocycles. The highest BCUT2D eigenvalue weighted by molar-refractivity contribution is 5.66. The van der Waals surface area contributed by atoms with Gasteiger partial charge in [0, 0.05) is 11.8 Å². The number of hydrogen-bond donors (Lipinski definition) is 0. The van der Waals surface area contributed by atoms with E-state index < -0.39 is 0 Å². The van der Waals surface area contributed by atoms with Gasteiger partial charge in [-0.3, -0.25) is 4.98 Å². The Morgan fingerprint density at radius 2 is 2.15 bits per heavy atom. The maximum atomic E-state index is 4.40. The molecule has 0 amide bonds. The zero-order chi connectivity index (χ0) is 9.26. The van der Waals surface area contributed by atoms with E-state index in [1.54, 1.807) is 0 Å². The molecule has 0 saturated heterocycles. The Labute approximate surface area is 78.8 Å². The van der Waals surface area contributed by atoms with Gasteiger partial charge in [-0.25, -0.2) is 0 Å². The molecule has 0 unspecified atom stereocenters. The molecular weight excluding hydrogens is 158 g/mol. The van der Waals surface area contributed by atoms with Crippen molar-refractivity contribution in [3.8, 4) is 0 Å². The lowest BCUT2D eigenvalue weighted by atomic mass is 10.1. The summed E-state index contributed by atoms with van der Waals surface area (Å²) in [4.78, 5) is 4.40. The second-order valence-electron chi connectivity index (χ2n) is 3.58. The third-order valence-corrected chi connectivity index (χ3v) is 2.21. The van der Waals surface area contributed by atoms with Gasteiger partial charge in [-0.05, 0) is 38.0 Å². The molecule has 0 saturated carbocycles. The van der Waals surface area contributed by atoms with E-state index in [4.69, 9.17) is 0 Å². The van der Waals surface area contributed by atoms with Crippen molar-refractivity contribution in [2.75, 3.05) is 0 Å². The number of hydrogen-bond acceptors (Lipinski definition) is 1. The minimum Gasteiger partial charge on any atom is -0.256 e. The van der Waals surface area contributed by atoms with Gasteiger partial charge in [0.15, 0.2) is 0 Å². The Morgan fingerprint density at radius 1 is 1.31 bits per heavy atom. The summed E-state index contributed by atoms with van der Waals surface area (Å²) < 4.78 is 0. The number of pyridine rings is 1. The van der Waals surface area contributed by atoms with Crippen molar-refractivity contribution in [1.82, 2.24) is 4.98 Å². The van der Waals surface area contributed by atoms with Gasteiger partial charge < -0.3 is 0 Å². The number of fused-ring (bicyclic) bond motifs is 1. The molecule has 0 N–H and O–H groups in total. The van der Waals surface area contributed by atoms with Crippen molar-refractivity contribution in [3.05, 3.63) is 40.7 Å². The quantitative estimate of drug-likeness (QED) is 0.584. The predicted octanol–water partition coefficient (Wildman–Crippen LogP) is 3.21. The summed E-state index contributed by atoms with van der Waals surface area (Å²) in [5, 5.41) is 0. The van der Waals surface area contributed by atoms with E-state index in [0.717, 1.165) is 12.1 Å². The standard InChI is InChI=1S/C12H13N/c1-9-4-3-5-11-6-10(2)8-13-12(11)7-9/h3,5-8H,4H2,1-2H3. The minimum atomic E-state index is 1.04. The first-order chi connectivity index (χ1) is 6.25. The molecule has 1 aliphatic carbocycles. The number of aryl methyl sites for hydroxylation is 1. The van der Waals surface area contributed by atoms with Crippen LogP contribution in [0.5, 0.6) is 0 Å². The molecule has 1 aliphatic rings. The van der Waals surface area contributed by atoms with Crippen LogP contribution in [-0.2, 0) is 0 Å². The molecule has 2 rings (SSSR count). The van der Waals surface area contributed by atoms with E-state index in [9.17, 15) is 0 Å². The molecule has 0 fully saturated rings. The van der Waals surface area contributed by atoms with Crippen molar-refractivity contribution in [2.24, 2.45) is 0 Å². The first kappa shape index (κ1) is 8.24. The Balaban J connectivity index is 2.58. The van der Waals surface area contributed by atoms with Crippen LogP contribution < -0.4 is 0 Å². The topological polar surface area (TPSA) is 12.9 Å². The van der Waals surface area contributed by atoms with Crippen LogP contribution >= 0.6 is 0 Å². The second-order valence-corrected chi connectivity index (χ2v) is 3.58. The molecule has 66 valence electrons. The van der Waals surface area contributed by atoms with Crippen LogP contribution in [-0.4, -0.2) is 4.98 Å². The third-order valence-electron chi connectivity index (χ3n) is 2.21. The second kappa shape index (κ2) is 3.17. The summed E-state index contributed by atoms with van der Waals surface area (Å²) in [5.41, 5.74) is 4.91. The Kier molecular flexibility index (Phi) is 2.01. The van der Waals surface area contributed by atoms with Gasteiger partial charge in [0.2, 0.25) is 0 Å². The van der Waals surface area contributed by atoms with Gasteiger partial charge in [-0.15, -0.1) is 0 Å². The SMILES string of the molecule is CC1=Cc2ncc(C)cc2C=CC1. The average molecular weight is 171 g/mol. The fraction of sp³-hybridized carbons (Fsp3) is 0.250. The van der Waals surface area contributed by atoms with Crippen molar-refractivity contribution < 1.29 is 0 Å². The molecule has 0 aromatic carbocycles. The highest BCUT2D eigenvalue weighted by atomic mass is 14.7. The maximum absolute atomic E-state index is 4.40. The summed E-state index contributed by atoms with van der Waals surface area (Å²) >= 11 is 0. The first-order valence-corrected chi connectivity index (χ1v) is 4.56. The van der Waals surface area contributed by atoms with Crippen molar-refractivity contribution in [1.29, 1.82) is 0 Å². The van der Waals surface area contributed by atoms with E-state index >= 15 is 0 Å². The molecule has 1 heteroatoms. The van der Waals surface area contributed by atoms with Crippen LogP contribution in [0.25, 0.3) is 12.2 Å². The van der Waals surface area contributed by atoms with E-state index in [1.807, 2.05) is 6.20 Å². The number of nitrogens with zero attached hydrogens (tertiary/aromatic N) is 1. The van der Waals surface area contributed by atoms with Crippen molar-refractivity contribution >= 4 is 12.2 Å². The Morgan fingerprint density at radius 3 is 3.00 bits per heavy atom. The Bertz CT molecular complexity index is 386. The summed E-state index contributed by atoms with van der Waals surface area (Å²) in [6.45, 7) is 4.21. The molecule has 1 aromatic rings. The van der Waals surface area contributed by atoms with Crippen molar-refractivity contribution in [2.45, 2.75) is 20.3 Å². The van der Waals surface area contributed by atoms with Gasteiger partial charge in [-0.1, -0.05) is 17.7 Å². The summed E-state index contributed by atoms with van der Waals surface area (Å²) in [7, 11) is 0. The van der Waals surface area contributed by atoms with Gasteiger partial charge >= 0.3 is 0 Å². The van der Waals surface area contributed by atoms with Crippen LogP contribution in [0.15, 0.2) is 23.9 Å². The predicted molar refractivity (Wildman–Crippen MR) is 56.3 cm³/mol. The fourth-order valence-electron chi connectivity index (χ4n) is 1.52. The molecule has 0 atom stereocenters. The lowest BCUT2D eigenvalue weighted by Gasteiger charge is -2.00. The molecule has 13 heavy (non-hydrogen) atoms. The van der Waals surface area contributed by atoms with E-state index in [0.29, 0.717) is 0 Å². The first-order valence-electron chi connectivity index (χ1n) is 4.56. The number of rotatable bonds is 0. The normalized spacial score (nSPS) is 14.8. The highest BCUT2D eigenvalue weighted by Crippen LogP contribution is 2.19. The largest absolute Gasteiger partial charge is 0.256 e. The van der Waals surface area contributed by atoms with Crippen LogP contribution in [0.1, 0.15) is 30.2 Å². The van der Waals surface area contributed by atoms with E-state index in [-0.39, 0.29) is 0 Å². The maximum Gasteiger partial charge on any atom is 0.0701 e. The lowest BCUT2D eigenvalue weighted by molar-refractivity contribution is 1.21. The van der Waals surface area contributed by atoms with Crippen LogP contribution in [0.4, 0.5) is 0 Å². The summed E-state index contributed by atoms with van der Waals surface area (Å²) in [6.07, 6.45) is 9.47. The fourth-order valence-corrected chi connectivity index (χ4v) is 1.52. The van der Waals surface area contributed by atoms with E-state index in [2.05, 4.69) is 43.1 Å². The zero-order valence-electron chi connectivity index (χ0n) is 8.04. The van der Waals surface area contributed by atoms with Gasteiger partial charge in [0.1, 0.15) is 0 Å².